The monoisotopic (exact) mass is 456 g/mol. The standard InChI is InChI=1S/C17H26N2OS.C10H14O/c1-14-6-7-17(15(13-14)5-4-12-20)18(2)16-8-10-19(21-3)11-9-16;1-8(2)11-10-6-4-9(3)5-7-10/h6-7,12-13,16H,4-5,8-11H2,1-3H3;4-8H,1-3H3. The van der Waals surface area contributed by atoms with Crippen molar-refractivity contribution < 1.29 is 9.53 Å². The Morgan fingerprint density at radius 3 is 2.28 bits per heavy atom. The Kier molecular flexibility index (Phi) is 11.1. The Hall–Kier alpha value is -1.98. The number of ether oxygens (including phenoxy) is 1. The highest BCUT2D eigenvalue weighted by molar-refractivity contribution is 7.96. The first-order valence-corrected chi connectivity index (χ1v) is 12.8. The predicted octanol–water partition coefficient (Wildman–Crippen LogP) is 6.09. The fraction of sp³-hybridized carbons (Fsp3) is 0.519. The third-order valence-corrected chi connectivity index (χ3v) is 6.65. The van der Waals surface area contributed by atoms with Crippen molar-refractivity contribution in [3.63, 3.8) is 0 Å². The molecule has 2 aromatic rings. The van der Waals surface area contributed by atoms with Crippen molar-refractivity contribution in [2.24, 2.45) is 0 Å². The SMILES string of the molecule is CSN1CCC(N(C)c2ccc(C)cc2CCC=O)CC1.Cc1ccc(OC(C)C)cc1. The minimum atomic E-state index is 0.262. The molecule has 4 nitrogen and oxygen atoms in total. The van der Waals surface area contributed by atoms with Gasteiger partial charge in [-0.2, -0.15) is 0 Å². The topological polar surface area (TPSA) is 32.8 Å². The molecule has 32 heavy (non-hydrogen) atoms. The van der Waals surface area contributed by atoms with Gasteiger partial charge in [0.1, 0.15) is 12.0 Å². The number of rotatable bonds is 8. The van der Waals surface area contributed by atoms with Crippen molar-refractivity contribution in [2.45, 2.75) is 65.5 Å². The van der Waals surface area contributed by atoms with Gasteiger partial charge in [-0.3, -0.25) is 4.31 Å². The van der Waals surface area contributed by atoms with E-state index < -0.39 is 0 Å². The highest BCUT2D eigenvalue weighted by Gasteiger charge is 2.23. The van der Waals surface area contributed by atoms with Crippen LogP contribution in [0, 0.1) is 13.8 Å². The van der Waals surface area contributed by atoms with E-state index in [4.69, 9.17) is 4.74 Å². The minimum absolute atomic E-state index is 0.262. The summed E-state index contributed by atoms with van der Waals surface area (Å²) in [5, 5.41) is 0. The van der Waals surface area contributed by atoms with Crippen LogP contribution < -0.4 is 9.64 Å². The number of aldehydes is 1. The number of carbonyl (C=O) groups excluding carboxylic acids is 1. The summed E-state index contributed by atoms with van der Waals surface area (Å²) in [7, 11) is 2.20. The lowest BCUT2D eigenvalue weighted by Crippen LogP contribution is -2.41. The molecule has 0 N–H and O–H groups in total. The molecule has 0 amide bonds. The first-order chi connectivity index (χ1) is 15.3. The molecule has 1 aliphatic rings. The Labute approximate surface area is 199 Å². The van der Waals surface area contributed by atoms with E-state index in [-0.39, 0.29) is 6.10 Å². The van der Waals surface area contributed by atoms with Crippen molar-refractivity contribution in [3.8, 4) is 5.75 Å². The van der Waals surface area contributed by atoms with Gasteiger partial charge in [0, 0.05) is 38.3 Å². The summed E-state index contributed by atoms with van der Waals surface area (Å²) < 4.78 is 7.91. The van der Waals surface area contributed by atoms with E-state index in [9.17, 15) is 4.79 Å². The van der Waals surface area contributed by atoms with Crippen molar-refractivity contribution in [1.29, 1.82) is 0 Å². The van der Waals surface area contributed by atoms with Gasteiger partial charge in [0.2, 0.25) is 0 Å². The maximum atomic E-state index is 10.7. The zero-order chi connectivity index (χ0) is 23.5. The van der Waals surface area contributed by atoms with Crippen molar-refractivity contribution in [1.82, 2.24) is 4.31 Å². The highest BCUT2D eigenvalue weighted by Crippen LogP contribution is 2.28. The van der Waals surface area contributed by atoms with E-state index in [2.05, 4.69) is 66.7 Å². The van der Waals surface area contributed by atoms with Crippen LogP contribution in [-0.2, 0) is 11.2 Å². The van der Waals surface area contributed by atoms with Gasteiger partial charge >= 0.3 is 0 Å². The minimum Gasteiger partial charge on any atom is -0.491 e. The Bertz CT molecular complexity index is 815. The second kappa shape index (κ2) is 13.5. The van der Waals surface area contributed by atoms with Gasteiger partial charge in [-0.25, -0.2) is 0 Å². The number of benzene rings is 2. The summed E-state index contributed by atoms with van der Waals surface area (Å²) in [5.41, 5.74) is 5.13. The fourth-order valence-corrected chi connectivity index (χ4v) is 4.55. The molecule has 1 fully saturated rings. The third kappa shape index (κ3) is 8.51. The van der Waals surface area contributed by atoms with E-state index in [0.717, 1.165) is 31.5 Å². The smallest absolute Gasteiger partial charge is 0.120 e. The number of hydrogen-bond acceptors (Lipinski definition) is 5. The van der Waals surface area contributed by atoms with Crippen LogP contribution in [0.3, 0.4) is 0 Å². The summed E-state index contributed by atoms with van der Waals surface area (Å²) >= 11 is 1.85. The largest absolute Gasteiger partial charge is 0.491 e. The van der Waals surface area contributed by atoms with E-state index in [1.54, 1.807) is 0 Å². The molecule has 1 heterocycles. The molecule has 0 aliphatic carbocycles. The number of carbonyl (C=O) groups is 1. The maximum absolute atomic E-state index is 10.7. The summed E-state index contributed by atoms with van der Waals surface area (Å²) in [5.74, 6) is 0.950. The van der Waals surface area contributed by atoms with Gasteiger partial charge in [0.25, 0.3) is 0 Å². The molecule has 3 rings (SSSR count). The first-order valence-electron chi connectivity index (χ1n) is 11.6. The lowest BCUT2D eigenvalue weighted by atomic mass is 10.00. The predicted molar refractivity (Wildman–Crippen MR) is 139 cm³/mol. The summed E-state index contributed by atoms with van der Waals surface area (Å²) in [6.45, 7) is 10.6. The van der Waals surface area contributed by atoms with Crippen molar-refractivity contribution in [3.05, 3.63) is 59.2 Å². The molecule has 0 saturated carbocycles. The number of nitrogens with zero attached hydrogens (tertiary/aromatic N) is 2. The summed E-state index contributed by atoms with van der Waals surface area (Å²) in [4.78, 5) is 13.1. The van der Waals surface area contributed by atoms with E-state index >= 15 is 0 Å². The second-order valence-corrected chi connectivity index (χ2v) is 9.65. The van der Waals surface area contributed by atoms with Crippen LogP contribution in [0.2, 0.25) is 0 Å². The average molecular weight is 457 g/mol. The molecule has 0 unspecified atom stereocenters. The molecule has 1 saturated heterocycles. The van der Waals surface area contributed by atoms with Gasteiger partial charge in [-0.05, 0) is 77.0 Å². The van der Waals surface area contributed by atoms with Crippen LogP contribution in [0.1, 0.15) is 49.8 Å². The van der Waals surface area contributed by atoms with Crippen molar-refractivity contribution in [2.75, 3.05) is 31.3 Å². The third-order valence-electron chi connectivity index (χ3n) is 5.77. The first kappa shape index (κ1) is 26.3. The molecule has 0 bridgehead atoms. The number of piperidine rings is 1. The molecule has 0 spiro atoms. The summed E-state index contributed by atoms with van der Waals surface area (Å²) in [6, 6.07) is 15.3. The second-order valence-electron chi connectivity index (χ2n) is 8.77. The average Bonchev–Trinajstić information content (AvgIpc) is 2.79. The van der Waals surface area contributed by atoms with E-state index in [1.807, 2.05) is 37.9 Å². The Morgan fingerprint density at radius 1 is 1.09 bits per heavy atom. The lowest BCUT2D eigenvalue weighted by Gasteiger charge is -2.37. The van der Waals surface area contributed by atoms with Crippen LogP contribution in [-0.4, -0.2) is 49.1 Å². The molecule has 0 atom stereocenters. The van der Waals surface area contributed by atoms with Gasteiger partial charge in [0.05, 0.1) is 6.10 Å². The molecule has 5 heteroatoms. The quantitative estimate of drug-likeness (QED) is 0.355. The molecule has 176 valence electrons. The molecule has 0 aromatic heterocycles. The van der Waals surface area contributed by atoms with Gasteiger partial charge < -0.3 is 14.4 Å². The van der Waals surface area contributed by atoms with Gasteiger partial charge in [-0.15, -0.1) is 0 Å². The van der Waals surface area contributed by atoms with Crippen LogP contribution in [0.15, 0.2) is 42.5 Å². The molecular formula is C27H40N2O2S. The summed E-state index contributed by atoms with van der Waals surface area (Å²) in [6.07, 6.45) is 7.29. The van der Waals surface area contributed by atoms with Gasteiger partial charge in [-0.1, -0.05) is 47.3 Å². The Balaban J connectivity index is 0.000000278. The fourth-order valence-electron chi connectivity index (χ4n) is 3.97. The zero-order valence-electron chi connectivity index (χ0n) is 20.6. The van der Waals surface area contributed by atoms with Crippen LogP contribution >= 0.6 is 11.9 Å². The van der Waals surface area contributed by atoms with Gasteiger partial charge in [0.15, 0.2) is 0 Å². The normalized spacial score (nSPS) is 14.6. The van der Waals surface area contributed by atoms with Crippen LogP contribution in [0.25, 0.3) is 0 Å². The maximum Gasteiger partial charge on any atom is 0.120 e. The number of anilines is 1. The zero-order valence-corrected chi connectivity index (χ0v) is 21.5. The van der Waals surface area contributed by atoms with Crippen molar-refractivity contribution >= 4 is 23.9 Å². The van der Waals surface area contributed by atoms with Crippen LogP contribution in [0.4, 0.5) is 5.69 Å². The van der Waals surface area contributed by atoms with E-state index in [1.165, 1.54) is 35.2 Å². The number of aryl methyl sites for hydroxylation is 3. The number of hydrogen-bond donors (Lipinski definition) is 0. The highest BCUT2D eigenvalue weighted by atomic mass is 32.2. The molecular weight excluding hydrogens is 416 g/mol. The molecule has 2 aromatic carbocycles. The Morgan fingerprint density at radius 2 is 1.72 bits per heavy atom. The van der Waals surface area contributed by atoms with E-state index in [0.29, 0.717) is 12.5 Å². The molecule has 1 aliphatic heterocycles. The lowest BCUT2D eigenvalue weighted by molar-refractivity contribution is -0.107. The molecule has 0 radical (unpaired) electrons. The van der Waals surface area contributed by atoms with Crippen LogP contribution in [0.5, 0.6) is 5.75 Å².